The summed E-state index contributed by atoms with van der Waals surface area (Å²) in [5.41, 5.74) is 2.30. The molecule has 0 amide bonds. The van der Waals surface area contributed by atoms with E-state index in [1.54, 1.807) is 5.57 Å². The molecule has 15 heavy (non-hydrogen) atoms. The molecule has 4 unspecified atom stereocenters. The zero-order valence-electron chi connectivity index (χ0n) is 10.4. The molecule has 0 bridgehead atoms. The highest BCUT2D eigenvalue weighted by Gasteiger charge is 2.66. The lowest BCUT2D eigenvalue weighted by molar-refractivity contribution is -0.0770. The Balaban J connectivity index is 1.91. The molecule has 3 saturated carbocycles. The zero-order chi connectivity index (χ0) is 10.8. The van der Waals surface area contributed by atoms with Gasteiger partial charge >= 0.3 is 0 Å². The molecule has 0 radical (unpaired) electrons. The SMILES string of the molecule is C=C1CCC2C1C1C(C(C)C)CC[C@]21C. The summed E-state index contributed by atoms with van der Waals surface area (Å²) >= 11 is 0. The van der Waals surface area contributed by atoms with Gasteiger partial charge in [-0.15, -0.1) is 0 Å². The summed E-state index contributed by atoms with van der Waals surface area (Å²) in [5.74, 6) is 4.80. The minimum Gasteiger partial charge on any atom is -0.0996 e. The molecule has 3 rings (SSSR count). The minimum atomic E-state index is 0.707. The fraction of sp³-hybridized carbons (Fsp3) is 0.867. The van der Waals surface area contributed by atoms with Crippen molar-refractivity contribution in [2.24, 2.45) is 35.0 Å². The Hall–Kier alpha value is -0.260. The number of allylic oxidation sites excluding steroid dienone is 1. The van der Waals surface area contributed by atoms with Crippen molar-refractivity contribution in [3.63, 3.8) is 0 Å². The van der Waals surface area contributed by atoms with Crippen molar-refractivity contribution in [2.45, 2.75) is 46.5 Å². The molecule has 84 valence electrons. The molecule has 3 aliphatic carbocycles. The van der Waals surface area contributed by atoms with Crippen LogP contribution < -0.4 is 0 Å². The van der Waals surface area contributed by atoms with Crippen LogP contribution in [-0.2, 0) is 0 Å². The van der Waals surface area contributed by atoms with Crippen LogP contribution in [0.5, 0.6) is 0 Å². The van der Waals surface area contributed by atoms with Gasteiger partial charge < -0.3 is 0 Å². The van der Waals surface area contributed by atoms with Crippen LogP contribution in [0, 0.1) is 35.0 Å². The number of rotatable bonds is 1. The van der Waals surface area contributed by atoms with Crippen LogP contribution in [-0.4, -0.2) is 0 Å². The molecular formula is C15H24. The number of hydrogen-bond donors (Lipinski definition) is 0. The molecule has 0 saturated heterocycles. The van der Waals surface area contributed by atoms with Crippen molar-refractivity contribution >= 4 is 0 Å². The van der Waals surface area contributed by atoms with E-state index in [0.29, 0.717) is 5.41 Å². The maximum Gasteiger partial charge on any atom is -0.0136 e. The standard InChI is InChI=1S/C15H24/c1-9(2)11-7-8-15(4)12-6-5-10(3)13(12)14(11)15/h9,11-14H,3,5-8H2,1-2,4H3/t11?,12?,13?,14?,15-/m1/s1. The third kappa shape index (κ3) is 1.04. The zero-order valence-corrected chi connectivity index (χ0v) is 10.4. The second-order valence-corrected chi connectivity index (χ2v) is 6.81. The quantitative estimate of drug-likeness (QED) is 0.559. The van der Waals surface area contributed by atoms with E-state index in [1.807, 2.05) is 0 Å². The van der Waals surface area contributed by atoms with Crippen LogP contribution in [0.4, 0.5) is 0 Å². The Morgan fingerprint density at radius 1 is 1.33 bits per heavy atom. The molecule has 0 aromatic heterocycles. The van der Waals surface area contributed by atoms with E-state index in [-0.39, 0.29) is 0 Å². The highest BCUT2D eigenvalue weighted by atomic mass is 14.7. The number of hydrogen-bond acceptors (Lipinski definition) is 0. The monoisotopic (exact) mass is 204 g/mol. The van der Waals surface area contributed by atoms with Crippen LogP contribution in [0.1, 0.15) is 46.5 Å². The van der Waals surface area contributed by atoms with E-state index in [1.165, 1.54) is 25.7 Å². The molecule has 0 aromatic rings. The van der Waals surface area contributed by atoms with E-state index in [2.05, 4.69) is 27.4 Å². The van der Waals surface area contributed by atoms with E-state index in [0.717, 1.165) is 29.6 Å². The summed E-state index contributed by atoms with van der Waals surface area (Å²) in [7, 11) is 0. The molecule has 3 fully saturated rings. The van der Waals surface area contributed by atoms with E-state index in [9.17, 15) is 0 Å². The van der Waals surface area contributed by atoms with E-state index in [4.69, 9.17) is 0 Å². The summed E-state index contributed by atoms with van der Waals surface area (Å²) in [4.78, 5) is 0. The van der Waals surface area contributed by atoms with Crippen molar-refractivity contribution in [3.05, 3.63) is 12.2 Å². The molecule has 0 aromatic carbocycles. The van der Waals surface area contributed by atoms with Gasteiger partial charge in [0, 0.05) is 0 Å². The van der Waals surface area contributed by atoms with Gasteiger partial charge in [0.2, 0.25) is 0 Å². The van der Waals surface area contributed by atoms with Gasteiger partial charge in [-0.25, -0.2) is 0 Å². The lowest BCUT2D eigenvalue weighted by atomic mass is 9.47. The Bertz CT molecular complexity index is 301. The first-order valence-electron chi connectivity index (χ1n) is 6.73. The average Bonchev–Trinajstić information content (AvgIpc) is 2.62. The Labute approximate surface area is 94.1 Å². The highest BCUT2D eigenvalue weighted by molar-refractivity contribution is 5.25. The summed E-state index contributed by atoms with van der Waals surface area (Å²) in [6.45, 7) is 11.7. The van der Waals surface area contributed by atoms with E-state index >= 15 is 0 Å². The summed E-state index contributed by atoms with van der Waals surface area (Å²) in [6.07, 6.45) is 5.75. The normalized spacial score (nSPS) is 52.9. The van der Waals surface area contributed by atoms with Crippen LogP contribution in [0.25, 0.3) is 0 Å². The second kappa shape index (κ2) is 2.90. The third-order valence-corrected chi connectivity index (χ3v) is 6.01. The maximum atomic E-state index is 4.32. The summed E-state index contributed by atoms with van der Waals surface area (Å²) < 4.78 is 0. The van der Waals surface area contributed by atoms with Gasteiger partial charge in [-0.2, -0.15) is 0 Å². The first-order chi connectivity index (χ1) is 7.05. The predicted molar refractivity (Wildman–Crippen MR) is 64.5 cm³/mol. The first kappa shape index (κ1) is 9.93. The van der Waals surface area contributed by atoms with Gasteiger partial charge in [0.1, 0.15) is 0 Å². The molecule has 3 aliphatic rings. The molecule has 0 heteroatoms. The third-order valence-electron chi connectivity index (χ3n) is 6.01. The van der Waals surface area contributed by atoms with Crippen molar-refractivity contribution < 1.29 is 0 Å². The molecule has 0 aliphatic heterocycles. The highest BCUT2D eigenvalue weighted by Crippen LogP contribution is 2.73. The van der Waals surface area contributed by atoms with Crippen LogP contribution in [0.15, 0.2) is 12.2 Å². The molecule has 0 nitrogen and oxygen atoms in total. The topological polar surface area (TPSA) is 0 Å². The number of fused-ring (bicyclic) bond motifs is 4. The van der Waals surface area contributed by atoms with Gasteiger partial charge in [-0.1, -0.05) is 32.9 Å². The molecule has 0 N–H and O–H groups in total. The predicted octanol–water partition coefficient (Wildman–Crippen LogP) is 4.27. The fourth-order valence-corrected chi connectivity index (χ4v) is 5.27. The minimum absolute atomic E-state index is 0.707. The Morgan fingerprint density at radius 2 is 2.07 bits per heavy atom. The Morgan fingerprint density at radius 3 is 2.73 bits per heavy atom. The molecule has 5 atom stereocenters. The average molecular weight is 204 g/mol. The van der Waals surface area contributed by atoms with Gasteiger partial charge in [0.05, 0.1) is 0 Å². The van der Waals surface area contributed by atoms with Gasteiger partial charge in [0.15, 0.2) is 0 Å². The molecular weight excluding hydrogens is 180 g/mol. The molecule has 0 heterocycles. The Kier molecular flexibility index (Phi) is 1.92. The van der Waals surface area contributed by atoms with Crippen molar-refractivity contribution in [2.75, 3.05) is 0 Å². The van der Waals surface area contributed by atoms with Crippen LogP contribution in [0.2, 0.25) is 0 Å². The second-order valence-electron chi connectivity index (χ2n) is 6.81. The summed E-state index contributed by atoms with van der Waals surface area (Å²) in [6, 6.07) is 0. The summed E-state index contributed by atoms with van der Waals surface area (Å²) in [5, 5.41) is 0. The first-order valence-corrected chi connectivity index (χ1v) is 6.73. The van der Waals surface area contributed by atoms with E-state index < -0.39 is 0 Å². The van der Waals surface area contributed by atoms with Crippen LogP contribution in [0.3, 0.4) is 0 Å². The largest absolute Gasteiger partial charge is 0.0996 e. The van der Waals surface area contributed by atoms with Crippen LogP contribution >= 0.6 is 0 Å². The van der Waals surface area contributed by atoms with Crippen molar-refractivity contribution in [3.8, 4) is 0 Å². The van der Waals surface area contributed by atoms with Crippen molar-refractivity contribution in [1.82, 2.24) is 0 Å². The lowest BCUT2D eigenvalue weighted by Gasteiger charge is -2.57. The van der Waals surface area contributed by atoms with Gasteiger partial charge in [0.25, 0.3) is 0 Å². The molecule has 0 spiro atoms. The smallest absolute Gasteiger partial charge is 0.0136 e. The van der Waals surface area contributed by atoms with Crippen molar-refractivity contribution in [1.29, 1.82) is 0 Å². The fourth-order valence-electron chi connectivity index (χ4n) is 5.27. The lowest BCUT2D eigenvalue weighted by Crippen LogP contribution is -2.52. The van der Waals surface area contributed by atoms with Gasteiger partial charge in [-0.05, 0) is 60.7 Å². The maximum absolute atomic E-state index is 4.32. The van der Waals surface area contributed by atoms with Gasteiger partial charge in [-0.3, -0.25) is 0 Å².